The molecule has 1 saturated heterocycles. The summed E-state index contributed by atoms with van der Waals surface area (Å²) in [4.78, 5) is 51.8. The number of ketones is 1. The Morgan fingerprint density at radius 2 is 1.59 bits per heavy atom. The van der Waals surface area contributed by atoms with Crippen LogP contribution in [0.25, 0.3) is 5.76 Å². The lowest BCUT2D eigenvalue weighted by Gasteiger charge is -2.37. The number of rotatable bonds is 7. The molecule has 3 aromatic carbocycles. The molecule has 1 fully saturated rings. The maximum atomic E-state index is 13.6. The molecule has 0 aliphatic carbocycles. The van der Waals surface area contributed by atoms with E-state index in [1.165, 1.54) is 67.8 Å². The normalized spacial score (nSPS) is 18.4. The van der Waals surface area contributed by atoms with E-state index in [1.807, 2.05) is 0 Å². The molecular formula is C26H21N3O8. The van der Waals surface area contributed by atoms with Crippen molar-refractivity contribution in [3.8, 4) is 5.75 Å². The average molecular weight is 503 g/mol. The molecule has 1 atom stereocenters. The second-order valence-electron chi connectivity index (χ2n) is 7.89. The fourth-order valence-electron chi connectivity index (χ4n) is 4.08. The summed E-state index contributed by atoms with van der Waals surface area (Å²) in [5.41, 5.74) is -2.72. The number of non-ortho nitro benzene ring substituents is 1. The van der Waals surface area contributed by atoms with Gasteiger partial charge >= 0.3 is 11.9 Å². The van der Waals surface area contributed by atoms with E-state index in [0.717, 1.165) is 12.0 Å². The van der Waals surface area contributed by atoms with Gasteiger partial charge in [-0.1, -0.05) is 30.3 Å². The summed E-state index contributed by atoms with van der Waals surface area (Å²) in [6.45, 7) is 0. The molecule has 4 rings (SSSR count). The number of ether oxygens (including phenoxy) is 2. The molecule has 37 heavy (non-hydrogen) atoms. The topological polar surface area (TPSA) is 148 Å². The number of esters is 1. The minimum Gasteiger partial charge on any atom is -0.507 e. The van der Waals surface area contributed by atoms with Gasteiger partial charge in [0.1, 0.15) is 17.1 Å². The van der Waals surface area contributed by atoms with Gasteiger partial charge < -0.3 is 19.9 Å². The number of nitrogens with one attached hydrogen (secondary N) is 1. The van der Waals surface area contributed by atoms with E-state index in [4.69, 9.17) is 9.47 Å². The molecule has 0 spiro atoms. The van der Waals surface area contributed by atoms with E-state index >= 15 is 0 Å². The standard InChI is InChI=1S/C26H21N3O8/c1-36-20-14-12-18(13-15-20)28-24(32)23(31)21(22(30)16-6-4-3-5-7-16)26(28,25(33)37-2)27-17-8-10-19(11-9-17)29(34)35/h3-15,27,30H,1-2H3/t26-/m1/s1. The van der Waals surface area contributed by atoms with Gasteiger partial charge in [0.2, 0.25) is 0 Å². The van der Waals surface area contributed by atoms with E-state index in [1.54, 1.807) is 18.2 Å². The smallest absolute Gasteiger partial charge is 0.358 e. The van der Waals surface area contributed by atoms with Crippen molar-refractivity contribution in [2.45, 2.75) is 5.66 Å². The highest BCUT2D eigenvalue weighted by Crippen LogP contribution is 2.42. The van der Waals surface area contributed by atoms with Crippen molar-refractivity contribution >= 4 is 40.5 Å². The van der Waals surface area contributed by atoms with Crippen LogP contribution >= 0.6 is 0 Å². The Kier molecular flexibility index (Phi) is 6.61. The highest BCUT2D eigenvalue weighted by Gasteiger charge is 2.63. The van der Waals surface area contributed by atoms with Crippen molar-refractivity contribution in [2.24, 2.45) is 0 Å². The second-order valence-corrected chi connectivity index (χ2v) is 7.89. The average Bonchev–Trinajstić information content (AvgIpc) is 3.15. The SMILES string of the molecule is COC(=O)[C@@]1(Nc2ccc([N+](=O)[O-])cc2)C(=C(O)c2ccccc2)C(=O)C(=O)N1c1ccc(OC)cc1. The molecule has 1 aliphatic heterocycles. The third-order valence-corrected chi connectivity index (χ3v) is 5.82. The maximum absolute atomic E-state index is 13.6. The van der Waals surface area contributed by atoms with Gasteiger partial charge in [-0.15, -0.1) is 0 Å². The molecule has 3 aromatic rings. The summed E-state index contributed by atoms with van der Waals surface area (Å²) >= 11 is 0. The predicted octanol–water partition coefficient (Wildman–Crippen LogP) is 3.47. The number of aliphatic hydroxyl groups excluding tert-OH is 1. The monoisotopic (exact) mass is 503 g/mol. The molecule has 0 bridgehead atoms. The summed E-state index contributed by atoms with van der Waals surface area (Å²) in [6, 6.07) is 18.9. The number of aliphatic hydroxyl groups is 1. The lowest BCUT2D eigenvalue weighted by molar-refractivity contribution is -0.384. The van der Waals surface area contributed by atoms with Crippen LogP contribution in [0.5, 0.6) is 5.75 Å². The molecule has 2 N–H and O–H groups in total. The minimum atomic E-state index is -2.37. The Morgan fingerprint density at radius 3 is 2.14 bits per heavy atom. The summed E-state index contributed by atoms with van der Waals surface area (Å²) in [5.74, 6) is -3.50. The molecule has 1 heterocycles. The van der Waals surface area contributed by atoms with Crippen molar-refractivity contribution in [3.63, 3.8) is 0 Å². The van der Waals surface area contributed by atoms with E-state index < -0.39 is 39.6 Å². The van der Waals surface area contributed by atoms with Crippen molar-refractivity contribution < 1.29 is 33.9 Å². The Hall–Kier alpha value is -5.19. The molecule has 11 nitrogen and oxygen atoms in total. The van der Waals surface area contributed by atoms with Crippen LogP contribution in [0.2, 0.25) is 0 Å². The zero-order valence-electron chi connectivity index (χ0n) is 19.7. The number of hydrogen-bond donors (Lipinski definition) is 2. The number of hydrogen-bond acceptors (Lipinski definition) is 9. The Morgan fingerprint density at radius 1 is 0.973 bits per heavy atom. The van der Waals surface area contributed by atoms with Crippen LogP contribution < -0.4 is 15.0 Å². The van der Waals surface area contributed by atoms with E-state index in [0.29, 0.717) is 5.75 Å². The van der Waals surface area contributed by atoms with Gasteiger partial charge in [-0.2, -0.15) is 0 Å². The van der Waals surface area contributed by atoms with E-state index in [-0.39, 0.29) is 22.6 Å². The highest BCUT2D eigenvalue weighted by atomic mass is 16.6. The number of amides is 1. The maximum Gasteiger partial charge on any atom is 0.358 e. The number of carbonyl (C=O) groups excluding carboxylic acids is 3. The van der Waals surface area contributed by atoms with E-state index in [2.05, 4.69) is 5.32 Å². The van der Waals surface area contributed by atoms with E-state index in [9.17, 15) is 29.6 Å². The number of nitro benzene ring substituents is 1. The van der Waals surface area contributed by atoms with Gasteiger partial charge in [-0.25, -0.2) is 4.79 Å². The van der Waals surface area contributed by atoms with Crippen molar-refractivity contribution in [3.05, 3.63) is 100 Å². The zero-order chi connectivity index (χ0) is 26.7. The molecule has 1 amide bonds. The minimum absolute atomic E-state index is 0.120. The molecule has 0 saturated carbocycles. The van der Waals surface area contributed by atoms with Crippen LogP contribution in [-0.4, -0.2) is 47.6 Å². The number of nitro groups is 1. The molecule has 1 aliphatic rings. The van der Waals surface area contributed by atoms with Gasteiger partial charge in [0.25, 0.3) is 17.1 Å². The first-order chi connectivity index (χ1) is 17.7. The molecular weight excluding hydrogens is 482 g/mol. The van der Waals surface area contributed by atoms with Gasteiger partial charge in [0.05, 0.1) is 19.1 Å². The van der Waals surface area contributed by atoms with Crippen LogP contribution in [0.3, 0.4) is 0 Å². The van der Waals surface area contributed by atoms with Crippen molar-refractivity contribution in [2.75, 3.05) is 24.4 Å². The zero-order valence-corrected chi connectivity index (χ0v) is 19.7. The quantitative estimate of drug-likeness (QED) is 0.123. The predicted molar refractivity (Wildman–Crippen MR) is 133 cm³/mol. The van der Waals surface area contributed by atoms with Gasteiger partial charge in [-0.3, -0.25) is 24.6 Å². The molecule has 0 aromatic heterocycles. The molecule has 11 heteroatoms. The molecule has 0 radical (unpaired) electrons. The third-order valence-electron chi connectivity index (χ3n) is 5.82. The first-order valence-corrected chi connectivity index (χ1v) is 10.9. The fourth-order valence-corrected chi connectivity index (χ4v) is 4.08. The number of anilines is 2. The van der Waals surface area contributed by atoms with Crippen LogP contribution in [-0.2, 0) is 19.1 Å². The lowest BCUT2D eigenvalue weighted by atomic mass is 9.94. The third kappa shape index (κ3) is 4.22. The molecule has 0 unspecified atom stereocenters. The highest BCUT2D eigenvalue weighted by molar-refractivity contribution is 6.54. The van der Waals surface area contributed by atoms with Crippen molar-refractivity contribution in [1.29, 1.82) is 0 Å². The van der Waals surface area contributed by atoms with Gasteiger partial charge in [-0.05, 0) is 36.4 Å². The van der Waals surface area contributed by atoms with Crippen molar-refractivity contribution in [1.82, 2.24) is 0 Å². The van der Waals surface area contributed by atoms with Crippen LogP contribution in [0.1, 0.15) is 5.56 Å². The first kappa shape index (κ1) is 24.9. The number of nitrogens with zero attached hydrogens (tertiary/aromatic N) is 2. The van der Waals surface area contributed by atoms with Crippen LogP contribution in [0, 0.1) is 10.1 Å². The Balaban J connectivity index is 2.01. The van der Waals surface area contributed by atoms with Crippen LogP contribution in [0.4, 0.5) is 17.1 Å². The number of carbonyl (C=O) groups is 3. The number of benzene rings is 3. The fraction of sp³-hybridized carbons (Fsp3) is 0.115. The summed E-state index contributed by atoms with van der Waals surface area (Å²) in [5, 5.41) is 25.2. The first-order valence-electron chi connectivity index (χ1n) is 10.9. The molecule has 188 valence electrons. The largest absolute Gasteiger partial charge is 0.507 e. The van der Waals surface area contributed by atoms with Gasteiger partial charge in [0, 0.05) is 29.1 Å². The Labute approximate surface area is 210 Å². The second kappa shape index (κ2) is 9.82. The summed E-state index contributed by atoms with van der Waals surface area (Å²) < 4.78 is 10.2. The van der Waals surface area contributed by atoms with Crippen LogP contribution in [0.15, 0.2) is 84.4 Å². The summed E-state index contributed by atoms with van der Waals surface area (Å²) in [6.07, 6.45) is 0. The Bertz CT molecular complexity index is 1400. The summed E-state index contributed by atoms with van der Waals surface area (Å²) in [7, 11) is 2.52. The van der Waals surface area contributed by atoms with Gasteiger partial charge in [0.15, 0.2) is 0 Å². The lowest BCUT2D eigenvalue weighted by Crippen LogP contribution is -2.59. The number of Topliss-reactive ketones (excluding diaryl/α,β-unsaturated/α-hetero) is 1. The number of methoxy groups -OCH3 is 2.